The van der Waals surface area contributed by atoms with Crippen molar-refractivity contribution in [3.63, 3.8) is 0 Å². The second-order valence-corrected chi connectivity index (χ2v) is 6.34. The van der Waals surface area contributed by atoms with E-state index in [4.69, 9.17) is 11.6 Å². The Kier molecular flexibility index (Phi) is 3.99. The van der Waals surface area contributed by atoms with Crippen LogP contribution in [0.1, 0.15) is 19.4 Å². The largest absolute Gasteiger partial charge is 0.244 e. The Balaban J connectivity index is 3.39. The molecule has 5 heteroatoms. The van der Waals surface area contributed by atoms with E-state index in [0.29, 0.717) is 5.56 Å². The Labute approximate surface area is 102 Å². The Morgan fingerprint density at radius 3 is 2.31 bits per heavy atom. The van der Waals surface area contributed by atoms with Gasteiger partial charge >= 0.3 is 0 Å². The van der Waals surface area contributed by atoms with Gasteiger partial charge in [-0.3, -0.25) is 0 Å². The molecule has 0 spiro atoms. The summed E-state index contributed by atoms with van der Waals surface area (Å²) in [7, 11) is -1.94. The SMILES string of the molecule is Cc1cccc(Cl)c1S(=O)(=O)N(C)C(C)C. The van der Waals surface area contributed by atoms with Crippen molar-refractivity contribution in [1.29, 1.82) is 0 Å². The first kappa shape index (κ1) is 13.5. The predicted octanol–water partition coefficient (Wildman–Crippen LogP) is 2.68. The number of benzene rings is 1. The molecule has 0 aliphatic carbocycles. The van der Waals surface area contributed by atoms with Crippen molar-refractivity contribution < 1.29 is 8.42 Å². The summed E-state index contributed by atoms with van der Waals surface area (Å²) < 4.78 is 25.8. The van der Waals surface area contributed by atoms with Crippen molar-refractivity contribution in [3.05, 3.63) is 28.8 Å². The van der Waals surface area contributed by atoms with Crippen LogP contribution >= 0.6 is 11.6 Å². The van der Waals surface area contributed by atoms with Gasteiger partial charge in [-0.25, -0.2) is 8.42 Å². The van der Waals surface area contributed by atoms with Crippen LogP contribution in [0.4, 0.5) is 0 Å². The molecule has 0 heterocycles. The fourth-order valence-electron chi connectivity index (χ4n) is 1.36. The molecule has 0 N–H and O–H groups in total. The molecule has 0 amide bonds. The number of sulfonamides is 1. The summed E-state index contributed by atoms with van der Waals surface area (Å²) in [5.74, 6) is 0. The number of hydrogen-bond acceptors (Lipinski definition) is 2. The molecule has 1 aromatic carbocycles. The highest BCUT2D eigenvalue weighted by molar-refractivity contribution is 7.89. The van der Waals surface area contributed by atoms with Gasteiger partial charge in [-0.1, -0.05) is 23.7 Å². The van der Waals surface area contributed by atoms with Gasteiger partial charge in [0, 0.05) is 13.1 Å². The van der Waals surface area contributed by atoms with Crippen LogP contribution in [0.2, 0.25) is 5.02 Å². The van der Waals surface area contributed by atoms with Crippen LogP contribution in [0, 0.1) is 6.92 Å². The van der Waals surface area contributed by atoms with Crippen molar-refractivity contribution in [2.24, 2.45) is 0 Å². The molecule has 0 saturated carbocycles. The Hall–Kier alpha value is -0.580. The van der Waals surface area contributed by atoms with Crippen molar-refractivity contribution in [1.82, 2.24) is 4.31 Å². The molecule has 0 saturated heterocycles. The second-order valence-electron chi connectivity index (χ2n) is 4.00. The first-order chi connectivity index (χ1) is 7.28. The summed E-state index contributed by atoms with van der Waals surface area (Å²) in [4.78, 5) is 0.202. The van der Waals surface area contributed by atoms with Gasteiger partial charge in [-0.15, -0.1) is 0 Å². The smallest absolute Gasteiger partial charge is 0.207 e. The topological polar surface area (TPSA) is 37.4 Å². The van der Waals surface area contributed by atoms with E-state index in [1.54, 1.807) is 32.2 Å². The van der Waals surface area contributed by atoms with E-state index in [-0.39, 0.29) is 16.0 Å². The van der Waals surface area contributed by atoms with E-state index >= 15 is 0 Å². The van der Waals surface area contributed by atoms with Crippen LogP contribution in [0.5, 0.6) is 0 Å². The predicted molar refractivity (Wildman–Crippen MR) is 66.3 cm³/mol. The third-order valence-corrected chi connectivity index (χ3v) is 5.19. The maximum absolute atomic E-state index is 12.3. The van der Waals surface area contributed by atoms with Gasteiger partial charge in [0.15, 0.2) is 0 Å². The maximum Gasteiger partial charge on any atom is 0.244 e. The Morgan fingerprint density at radius 2 is 1.88 bits per heavy atom. The first-order valence-electron chi connectivity index (χ1n) is 5.01. The molecule has 1 aromatic rings. The molecule has 0 aromatic heterocycles. The van der Waals surface area contributed by atoms with Crippen molar-refractivity contribution >= 4 is 21.6 Å². The Bertz CT molecular complexity index is 463. The lowest BCUT2D eigenvalue weighted by atomic mass is 10.2. The lowest BCUT2D eigenvalue weighted by molar-refractivity contribution is 0.410. The number of halogens is 1. The van der Waals surface area contributed by atoms with E-state index in [1.165, 1.54) is 4.31 Å². The summed E-state index contributed by atoms with van der Waals surface area (Å²) in [5, 5.41) is 0.271. The Morgan fingerprint density at radius 1 is 1.31 bits per heavy atom. The second kappa shape index (κ2) is 4.73. The van der Waals surface area contributed by atoms with Crippen molar-refractivity contribution in [3.8, 4) is 0 Å². The van der Waals surface area contributed by atoms with Crippen LogP contribution in [0.3, 0.4) is 0 Å². The van der Waals surface area contributed by atoms with E-state index in [0.717, 1.165) is 0 Å². The molecule has 0 unspecified atom stereocenters. The van der Waals surface area contributed by atoms with Gasteiger partial charge in [0.1, 0.15) is 4.90 Å². The maximum atomic E-state index is 12.3. The van der Waals surface area contributed by atoms with E-state index < -0.39 is 10.0 Å². The third-order valence-electron chi connectivity index (χ3n) is 2.53. The van der Waals surface area contributed by atoms with Crippen LogP contribution in [0.15, 0.2) is 23.1 Å². The zero-order valence-electron chi connectivity index (χ0n) is 9.86. The summed E-state index contributed by atoms with van der Waals surface area (Å²) in [6.45, 7) is 5.39. The summed E-state index contributed by atoms with van der Waals surface area (Å²) in [6.07, 6.45) is 0. The minimum atomic E-state index is -3.50. The molecule has 0 radical (unpaired) electrons. The van der Waals surface area contributed by atoms with E-state index in [9.17, 15) is 8.42 Å². The van der Waals surface area contributed by atoms with Gasteiger partial charge < -0.3 is 0 Å². The number of aryl methyl sites for hydroxylation is 1. The fourth-order valence-corrected chi connectivity index (χ4v) is 3.51. The van der Waals surface area contributed by atoms with Crippen LogP contribution in [0.25, 0.3) is 0 Å². The molecule has 0 bridgehead atoms. The molecule has 0 fully saturated rings. The molecular formula is C11H16ClNO2S. The van der Waals surface area contributed by atoms with E-state index in [2.05, 4.69) is 0 Å². The van der Waals surface area contributed by atoms with E-state index in [1.807, 2.05) is 13.8 Å². The number of nitrogens with zero attached hydrogens (tertiary/aromatic N) is 1. The normalized spacial score (nSPS) is 12.4. The first-order valence-corrected chi connectivity index (χ1v) is 6.83. The van der Waals surface area contributed by atoms with Gasteiger partial charge in [-0.05, 0) is 32.4 Å². The minimum Gasteiger partial charge on any atom is -0.207 e. The zero-order chi connectivity index (χ0) is 12.5. The van der Waals surface area contributed by atoms with Gasteiger partial charge in [0.25, 0.3) is 0 Å². The van der Waals surface area contributed by atoms with Crippen molar-refractivity contribution in [2.75, 3.05) is 7.05 Å². The standard InChI is InChI=1S/C11H16ClNO2S/c1-8(2)13(4)16(14,15)11-9(3)6-5-7-10(11)12/h5-8H,1-4H3. The highest BCUT2D eigenvalue weighted by Crippen LogP contribution is 2.27. The molecule has 0 aliphatic heterocycles. The average Bonchev–Trinajstić information content (AvgIpc) is 2.15. The molecule has 0 aliphatic rings. The van der Waals surface area contributed by atoms with Gasteiger partial charge in [0.05, 0.1) is 5.02 Å². The summed E-state index contributed by atoms with van der Waals surface area (Å²) in [6, 6.07) is 4.98. The zero-order valence-corrected chi connectivity index (χ0v) is 11.4. The average molecular weight is 262 g/mol. The van der Waals surface area contributed by atoms with Crippen LogP contribution < -0.4 is 0 Å². The quantitative estimate of drug-likeness (QED) is 0.839. The highest BCUT2D eigenvalue weighted by Gasteiger charge is 2.26. The number of rotatable bonds is 3. The lowest BCUT2D eigenvalue weighted by Gasteiger charge is -2.22. The molecule has 16 heavy (non-hydrogen) atoms. The minimum absolute atomic E-state index is 0.0966. The summed E-state index contributed by atoms with van der Waals surface area (Å²) >= 11 is 5.96. The van der Waals surface area contributed by atoms with Crippen LogP contribution in [-0.2, 0) is 10.0 Å². The number of hydrogen-bond donors (Lipinski definition) is 0. The molecule has 1 rings (SSSR count). The molecule has 3 nitrogen and oxygen atoms in total. The molecular weight excluding hydrogens is 246 g/mol. The monoisotopic (exact) mass is 261 g/mol. The highest BCUT2D eigenvalue weighted by atomic mass is 35.5. The summed E-state index contributed by atoms with van der Waals surface area (Å²) in [5.41, 5.74) is 0.667. The lowest BCUT2D eigenvalue weighted by Crippen LogP contribution is -2.33. The van der Waals surface area contributed by atoms with Crippen molar-refractivity contribution in [2.45, 2.75) is 31.7 Å². The van der Waals surface area contributed by atoms with Gasteiger partial charge in [-0.2, -0.15) is 4.31 Å². The third kappa shape index (κ3) is 2.39. The molecule has 0 atom stereocenters. The van der Waals surface area contributed by atoms with Crippen LogP contribution in [-0.4, -0.2) is 25.8 Å². The van der Waals surface area contributed by atoms with Gasteiger partial charge in [0.2, 0.25) is 10.0 Å². The fraction of sp³-hybridized carbons (Fsp3) is 0.455. The molecule has 90 valence electrons.